The van der Waals surface area contributed by atoms with Crippen LogP contribution in [0.1, 0.15) is 22.7 Å². The minimum Gasteiger partial charge on any atom is -0.360 e. The molecule has 0 aromatic heterocycles. The van der Waals surface area contributed by atoms with Gasteiger partial charge in [0.25, 0.3) is 5.91 Å². The molecule has 154 valence electrons. The molecule has 0 aliphatic carbocycles. The van der Waals surface area contributed by atoms with Gasteiger partial charge in [-0.15, -0.1) is 0 Å². The van der Waals surface area contributed by atoms with Crippen LogP contribution < -0.4 is 15.1 Å². The number of benzene rings is 3. The normalized spacial score (nSPS) is 15.6. The first kappa shape index (κ1) is 20.2. The minimum absolute atomic E-state index is 0.0711. The summed E-state index contributed by atoms with van der Waals surface area (Å²) in [4.78, 5) is 17.3. The summed E-state index contributed by atoms with van der Waals surface area (Å²) in [7, 11) is 0. The molecule has 1 atom stereocenters. The number of rotatable bonds is 5. The Morgan fingerprint density at radius 1 is 0.833 bits per heavy atom. The Hall–Kier alpha value is -3.11. The topological polar surface area (TPSA) is 36.8 Å². The van der Waals surface area contributed by atoms with Gasteiger partial charge >= 0.3 is 0 Å². The second kappa shape index (κ2) is 9.14. The zero-order valence-corrected chi connectivity index (χ0v) is 17.8. The van der Waals surface area contributed by atoms with Crippen LogP contribution in [0.15, 0.2) is 78.9 Å². The maximum atomic E-state index is 13.5. The quantitative estimate of drug-likeness (QED) is 0.689. The highest BCUT2D eigenvalue weighted by molar-refractivity contribution is 5.96. The van der Waals surface area contributed by atoms with Gasteiger partial charge in [0.1, 0.15) is 0 Å². The summed E-state index contributed by atoms with van der Waals surface area (Å²) in [6.07, 6.45) is 0. The fourth-order valence-corrected chi connectivity index (χ4v) is 4.40. The molecule has 0 spiro atoms. The van der Waals surface area contributed by atoms with Crippen LogP contribution in [0.5, 0.6) is 0 Å². The summed E-state index contributed by atoms with van der Waals surface area (Å²) >= 11 is 0. The molecule has 0 saturated carbocycles. The Kier molecular flexibility index (Phi) is 6.15. The van der Waals surface area contributed by atoms with Crippen molar-refractivity contribution in [1.29, 1.82) is 0 Å². The standard InChI is InChI=1S/C26H29N3O/c1-20-10-9-11-21(2)24(20)27-26(30)25(22-12-5-3-6-13-22)29-18-16-28(17-19-29)23-14-7-4-8-15-23/h3-15,25H,16-19H2,1-2H3,(H,27,30)/p+1. The van der Waals surface area contributed by atoms with E-state index in [9.17, 15) is 4.79 Å². The van der Waals surface area contributed by atoms with Crippen LogP contribution >= 0.6 is 0 Å². The molecule has 4 nitrogen and oxygen atoms in total. The van der Waals surface area contributed by atoms with Gasteiger partial charge in [0, 0.05) is 16.9 Å². The molecule has 1 saturated heterocycles. The molecule has 1 unspecified atom stereocenters. The lowest BCUT2D eigenvalue weighted by Crippen LogP contribution is -3.16. The van der Waals surface area contributed by atoms with Crippen LogP contribution in [0.25, 0.3) is 0 Å². The van der Waals surface area contributed by atoms with Crippen molar-refractivity contribution in [1.82, 2.24) is 0 Å². The van der Waals surface area contributed by atoms with E-state index in [-0.39, 0.29) is 11.9 Å². The highest BCUT2D eigenvalue weighted by atomic mass is 16.2. The molecule has 1 heterocycles. The number of hydrogen-bond donors (Lipinski definition) is 2. The molecule has 0 bridgehead atoms. The van der Waals surface area contributed by atoms with E-state index in [1.165, 1.54) is 10.6 Å². The summed E-state index contributed by atoms with van der Waals surface area (Å²) in [5, 5.41) is 3.24. The van der Waals surface area contributed by atoms with Crippen molar-refractivity contribution < 1.29 is 9.69 Å². The monoisotopic (exact) mass is 400 g/mol. The lowest BCUT2D eigenvalue weighted by molar-refractivity contribution is -0.922. The van der Waals surface area contributed by atoms with Crippen LogP contribution in [0.3, 0.4) is 0 Å². The average Bonchev–Trinajstić information content (AvgIpc) is 2.78. The molecular formula is C26H30N3O+. The van der Waals surface area contributed by atoms with Gasteiger partial charge in [-0.25, -0.2) is 0 Å². The highest BCUT2D eigenvalue weighted by Gasteiger charge is 2.34. The summed E-state index contributed by atoms with van der Waals surface area (Å²) in [5.74, 6) is 0.0711. The molecule has 0 radical (unpaired) electrons. The van der Waals surface area contributed by atoms with Crippen molar-refractivity contribution >= 4 is 17.3 Å². The number of nitrogens with zero attached hydrogens (tertiary/aromatic N) is 1. The molecule has 1 amide bonds. The zero-order chi connectivity index (χ0) is 20.9. The number of carbonyl (C=O) groups is 1. The van der Waals surface area contributed by atoms with Gasteiger partial charge < -0.3 is 15.1 Å². The largest absolute Gasteiger partial charge is 0.360 e. The molecule has 2 N–H and O–H groups in total. The van der Waals surface area contributed by atoms with Crippen molar-refractivity contribution in [2.45, 2.75) is 19.9 Å². The second-order valence-electron chi connectivity index (χ2n) is 8.08. The van der Waals surface area contributed by atoms with E-state index in [1.807, 2.05) is 56.3 Å². The van der Waals surface area contributed by atoms with Gasteiger partial charge in [0.05, 0.1) is 26.2 Å². The highest BCUT2D eigenvalue weighted by Crippen LogP contribution is 2.22. The van der Waals surface area contributed by atoms with E-state index >= 15 is 0 Å². The van der Waals surface area contributed by atoms with Crippen molar-refractivity contribution in [2.75, 3.05) is 36.4 Å². The fraction of sp³-hybridized carbons (Fsp3) is 0.269. The van der Waals surface area contributed by atoms with Crippen molar-refractivity contribution in [3.63, 3.8) is 0 Å². The first-order valence-corrected chi connectivity index (χ1v) is 10.7. The molecule has 4 heteroatoms. The predicted molar refractivity (Wildman–Crippen MR) is 123 cm³/mol. The van der Waals surface area contributed by atoms with E-state index in [0.717, 1.165) is 48.6 Å². The third-order valence-corrected chi connectivity index (χ3v) is 6.06. The van der Waals surface area contributed by atoms with Crippen LogP contribution in [-0.4, -0.2) is 32.1 Å². The van der Waals surface area contributed by atoms with E-state index in [0.29, 0.717) is 0 Å². The van der Waals surface area contributed by atoms with Crippen LogP contribution in [0, 0.1) is 13.8 Å². The number of anilines is 2. The fourth-order valence-electron chi connectivity index (χ4n) is 4.40. The molecule has 1 aliphatic heterocycles. The van der Waals surface area contributed by atoms with Crippen LogP contribution in [-0.2, 0) is 4.79 Å². The number of quaternary nitrogens is 1. The summed E-state index contributed by atoms with van der Waals surface area (Å²) in [5.41, 5.74) is 5.46. The Balaban J connectivity index is 1.55. The number of piperazine rings is 1. The van der Waals surface area contributed by atoms with Crippen molar-refractivity contribution in [2.24, 2.45) is 0 Å². The zero-order valence-electron chi connectivity index (χ0n) is 17.8. The summed E-state index contributed by atoms with van der Waals surface area (Å²) in [6.45, 7) is 7.83. The van der Waals surface area contributed by atoms with E-state index in [1.54, 1.807) is 0 Å². The van der Waals surface area contributed by atoms with Crippen molar-refractivity contribution in [3.8, 4) is 0 Å². The first-order chi connectivity index (χ1) is 14.6. The summed E-state index contributed by atoms with van der Waals surface area (Å²) in [6, 6.07) is 26.6. The molecule has 3 aromatic rings. The lowest BCUT2D eigenvalue weighted by atomic mass is 10.0. The molecule has 1 aliphatic rings. The molecule has 4 rings (SSSR count). The third-order valence-electron chi connectivity index (χ3n) is 6.06. The Labute approximate surface area is 179 Å². The van der Waals surface area contributed by atoms with Crippen LogP contribution in [0.4, 0.5) is 11.4 Å². The molecule has 3 aromatic carbocycles. The van der Waals surface area contributed by atoms with Gasteiger partial charge in [0.15, 0.2) is 6.04 Å². The smallest absolute Gasteiger partial charge is 0.287 e. The molecular weight excluding hydrogens is 370 g/mol. The summed E-state index contributed by atoms with van der Waals surface area (Å²) < 4.78 is 0. The molecule has 30 heavy (non-hydrogen) atoms. The van der Waals surface area contributed by atoms with Gasteiger partial charge in [-0.05, 0) is 37.1 Å². The molecule has 1 fully saturated rings. The number of hydrogen-bond acceptors (Lipinski definition) is 2. The lowest BCUT2D eigenvalue weighted by Gasteiger charge is -2.37. The number of nitrogens with one attached hydrogen (secondary N) is 2. The average molecular weight is 401 g/mol. The Morgan fingerprint density at radius 2 is 1.40 bits per heavy atom. The Morgan fingerprint density at radius 3 is 2.00 bits per heavy atom. The number of amides is 1. The predicted octanol–water partition coefficient (Wildman–Crippen LogP) is 3.39. The minimum atomic E-state index is -0.219. The number of para-hydroxylation sites is 2. The third kappa shape index (κ3) is 4.39. The second-order valence-corrected chi connectivity index (χ2v) is 8.08. The van der Waals surface area contributed by atoms with E-state index in [2.05, 4.69) is 46.6 Å². The van der Waals surface area contributed by atoms with E-state index in [4.69, 9.17) is 0 Å². The number of carbonyl (C=O) groups excluding carboxylic acids is 1. The maximum absolute atomic E-state index is 13.5. The van der Waals surface area contributed by atoms with Crippen LogP contribution in [0.2, 0.25) is 0 Å². The van der Waals surface area contributed by atoms with Gasteiger partial charge in [0.2, 0.25) is 0 Å². The maximum Gasteiger partial charge on any atom is 0.287 e. The Bertz CT molecular complexity index is 959. The van der Waals surface area contributed by atoms with Gasteiger partial charge in [-0.1, -0.05) is 66.7 Å². The van der Waals surface area contributed by atoms with E-state index < -0.39 is 0 Å². The number of aryl methyl sites for hydroxylation is 2. The SMILES string of the molecule is Cc1cccc(C)c1NC(=O)C(c1ccccc1)[NH+]1CCN(c2ccccc2)CC1. The van der Waals surface area contributed by atoms with Crippen molar-refractivity contribution in [3.05, 3.63) is 95.6 Å². The van der Waals surface area contributed by atoms with Gasteiger partial charge in [-0.2, -0.15) is 0 Å². The van der Waals surface area contributed by atoms with Gasteiger partial charge in [-0.3, -0.25) is 4.79 Å². The first-order valence-electron chi connectivity index (χ1n) is 10.7.